The van der Waals surface area contributed by atoms with Crippen LogP contribution in [-0.2, 0) is 0 Å². The fourth-order valence-corrected chi connectivity index (χ4v) is 1.08. The van der Waals surface area contributed by atoms with Gasteiger partial charge in [0.05, 0.1) is 0 Å². The van der Waals surface area contributed by atoms with Gasteiger partial charge in [-0.3, -0.25) is 0 Å². The van der Waals surface area contributed by atoms with Crippen molar-refractivity contribution in [3.8, 4) is 0 Å². The molecule has 0 amide bonds. The van der Waals surface area contributed by atoms with Gasteiger partial charge < -0.3 is 5.73 Å². The molecule has 0 aliphatic carbocycles. The Bertz CT molecular complexity index is 78.8. The number of hydrogen-bond acceptors (Lipinski definition) is 1. The average molecular weight is 143 g/mol. The summed E-state index contributed by atoms with van der Waals surface area (Å²) in [6.07, 6.45) is 2.36. The molecule has 0 aromatic rings. The summed E-state index contributed by atoms with van der Waals surface area (Å²) in [5.74, 6) is 1.42. The van der Waals surface area contributed by atoms with Crippen molar-refractivity contribution in [2.24, 2.45) is 17.6 Å². The lowest BCUT2D eigenvalue weighted by Crippen LogP contribution is -2.29. The Labute approximate surface area is 65.0 Å². The molecule has 0 fully saturated rings. The van der Waals surface area contributed by atoms with Gasteiger partial charge in [0.1, 0.15) is 0 Å². The highest BCUT2D eigenvalue weighted by Crippen LogP contribution is 2.12. The van der Waals surface area contributed by atoms with Crippen molar-refractivity contribution in [1.29, 1.82) is 0 Å². The molecule has 0 unspecified atom stereocenters. The predicted octanol–water partition coefficient (Wildman–Crippen LogP) is 2.41. The van der Waals surface area contributed by atoms with Gasteiger partial charge in [-0.25, -0.2) is 0 Å². The lowest BCUT2D eigenvalue weighted by Gasteiger charge is -2.19. The summed E-state index contributed by atoms with van der Waals surface area (Å²) in [4.78, 5) is 0. The fraction of sp³-hybridized carbons (Fsp3) is 1.00. The van der Waals surface area contributed by atoms with E-state index in [4.69, 9.17) is 5.73 Å². The number of hydrogen-bond donors (Lipinski definition) is 1. The topological polar surface area (TPSA) is 26.0 Å². The van der Waals surface area contributed by atoms with E-state index in [0.29, 0.717) is 12.0 Å². The Hall–Kier alpha value is -0.0400. The van der Waals surface area contributed by atoms with Crippen LogP contribution < -0.4 is 5.73 Å². The molecule has 0 spiro atoms. The quantitative estimate of drug-likeness (QED) is 0.642. The molecule has 0 saturated heterocycles. The Balaban J connectivity index is 3.50. The standard InChI is InChI=1S/C9H21N/c1-5-8(4)9(10)6-7(2)3/h7-9H,5-6,10H2,1-4H3/t8-,9+/m1/s1. The zero-order chi connectivity index (χ0) is 8.15. The van der Waals surface area contributed by atoms with Gasteiger partial charge in [0.25, 0.3) is 0 Å². The molecule has 0 radical (unpaired) electrons. The Morgan fingerprint density at radius 3 is 2.00 bits per heavy atom. The normalized spacial score (nSPS) is 17.4. The molecule has 0 aliphatic heterocycles. The van der Waals surface area contributed by atoms with Crippen LogP contribution in [0.5, 0.6) is 0 Å². The molecule has 62 valence electrons. The van der Waals surface area contributed by atoms with Crippen molar-refractivity contribution in [2.45, 2.75) is 46.6 Å². The SMILES string of the molecule is CC[C@@H](C)[C@@H](N)CC(C)C. The molecule has 1 nitrogen and oxygen atoms in total. The van der Waals surface area contributed by atoms with Gasteiger partial charge in [-0.1, -0.05) is 34.1 Å². The summed E-state index contributed by atoms with van der Waals surface area (Å²) in [5, 5.41) is 0. The molecule has 0 aromatic carbocycles. The molecule has 0 bridgehead atoms. The van der Waals surface area contributed by atoms with E-state index >= 15 is 0 Å². The van der Waals surface area contributed by atoms with Crippen LogP contribution in [0, 0.1) is 11.8 Å². The molecular formula is C9H21N. The van der Waals surface area contributed by atoms with Gasteiger partial charge in [-0.15, -0.1) is 0 Å². The second kappa shape index (κ2) is 4.73. The molecule has 0 saturated carbocycles. The minimum atomic E-state index is 0.407. The van der Waals surface area contributed by atoms with Crippen molar-refractivity contribution in [1.82, 2.24) is 0 Å². The maximum absolute atomic E-state index is 5.93. The van der Waals surface area contributed by atoms with E-state index < -0.39 is 0 Å². The van der Waals surface area contributed by atoms with Crippen LogP contribution in [0.2, 0.25) is 0 Å². The van der Waals surface area contributed by atoms with Crippen LogP contribution in [0.1, 0.15) is 40.5 Å². The number of nitrogens with two attached hydrogens (primary N) is 1. The minimum Gasteiger partial charge on any atom is -0.327 e. The molecule has 0 aromatic heterocycles. The lowest BCUT2D eigenvalue weighted by atomic mass is 9.92. The molecule has 2 N–H and O–H groups in total. The number of rotatable bonds is 4. The summed E-state index contributed by atoms with van der Waals surface area (Å²) in [6, 6.07) is 0.407. The third-order valence-corrected chi connectivity index (χ3v) is 2.12. The second-order valence-electron chi connectivity index (χ2n) is 3.68. The van der Waals surface area contributed by atoms with Crippen molar-refractivity contribution in [3.63, 3.8) is 0 Å². The Morgan fingerprint density at radius 1 is 1.20 bits per heavy atom. The zero-order valence-electron chi connectivity index (χ0n) is 7.72. The largest absolute Gasteiger partial charge is 0.327 e. The van der Waals surface area contributed by atoms with Crippen LogP contribution >= 0.6 is 0 Å². The Kier molecular flexibility index (Phi) is 4.71. The van der Waals surface area contributed by atoms with E-state index in [2.05, 4.69) is 27.7 Å². The highest BCUT2D eigenvalue weighted by molar-refractivity contribution is 4.68. The van der Waals surface area contributed by atoms with E-state index in [0.717, 1.165) is 12.3 Å². The predicted molar refractivity (Wildman–Crippen MR) is 46.9 cm³/mol. The van der Waals surface area contributed by atoms with Crippen LogP contribution in [0.3, 0.4) is 0 Å². The van der Waals surface area contributed by atoms with E-state index in [1.54, 1.807) is 0 Å². The molecular weight excluding hydrogens is 122 g/mol. The monoisotopic (exact) mass is 143 g/mol. The van der Waals surface area contributed by atoms with Crippen LogP contribution in [0.25, 0.3) is 0 Å². The smallest absolute Gasteiger partial charge is 0.00668 e. The first-order valence-electron chi connectivity index (χ1n) is 4.33. The lowest BCUT2D eigenvalue weighted by molar-refractivity contribution is 0.376. The second-order valence-corrected chi connectivity index (χ2v) is 3.68. The van der Waals surface area contributed by atoms with Crippen LogP contribution in [0.15, 0.2) is 0 Å². The third-order valence-electron chi connectivity index (χ3n) is 2.12. The van der Waals surface area contributed by atoms with Gasteiger partial charge in [-0.05, 0) is 18.3 Å². The van der Waals surface area contributed by atoms with Gasteiger partial charge in [-0.2, -0.15) is 0 Å². The molecule has 0 aliphatic rings. The van der Waals surface area contributed by atoms with Gasteiger partial charge in [0, 0.05) is 6.04 Å². The van der Waals surface area contributed by atoms with Crippen LogP contribution in [-0.4, -0.2) is 6.04 Å². The van der Waals surface area contributed by atoms with E-state index in [-0.39, 0.29) is 0 Å². The van der Waals surface area contributed by atoms with E-state index in [1.165, 1.54) is 6.42 Å². The van der Waals surface area contributed by atoms with Gasteiger partial charge in [0.2, 0.25) is 0 Å². The molecule has 0 heterocycles. The summed E-state index contributed by atoms with van der Waals surface area (Å²) in [7, 11) is 0. The summed E-state index contributed by atoms with van der Waals surface area (Å²) in [6.45, 7) is 8.88. The van der Waals surface area contributed by atoms with Crippen molar-refractivity contribution in [3.05, 3.63) is 0 Å². The van der Waals surface area contributed by atoms with Crippen molar-refractivity contribution in [2.75, 3.05) is 0 Å². The first-order valence-corrected chi connectivity index (χ1v) is 4.33. The van der Waals surface area contributed by atoms with Crippen molar-refractivity contribution >= 4 is 0 Å². The highest BCUT2D eigenvalue weighted by atomic mass is 14.6. The zero-order valence-corrected chi connectivity index (χ0v) is 7.72. The molecule has 0 rings (SSSR count). The molecule has 2 atom stereocenters. The molecule has 1 heteroatoms. The summed E-state index contributed by atoms with van der Waals surface area (Å²) in [5.41, 5.74) is 5.93. The summed E-state index contributed by atoms with van der Waals surface area (Å²) < 4.78 is 0. The molecule has 10 heavy (non-hydrogen) atoms. The third kappa shape index (κ3) is 3.89. The average Bonchev–Trinajstić information content (AvgIpc) is 1.85. The first-order chi connectivity index (χ1) is 4.57. The maximum atomic E-state index is 5.93. The van der Waals surface area contributed by atoms with Gasteiger partial charge in [0.15, 0.2) is 0 Å². The van der Waals surface area contributed by atoms with Crippen molar-refractivity contribution < 1.29 is 0 Å². The minimum absolute atomic E-state index is 0.407. The van der Waals surface area contributed by atoms with E-state index in [9.17, 15) is 0 Å². The summed E-state index contributed by atoms with van der Waals surface area (Å²) >= 11 is 0. The first kappa shape index (κ1) is 9.96. The van der Waals surface area contributed by atoms with Crippen LogP contribution in [0.4, 0.5) is 0 Å². The Morgan fingerprint density at radius 2 is 1.70 bits per heavy atom. The van der Waals surface area contributed by atoms with E-state index in [1.807, 2.05) is 0 Å². The van der Waals surface area contributed by atoms with Gasteiger partial charge >= 0.3 is 0 Å². The maximum Gasteiger partial charge on any atom is 0.00668 e. The fourth-order valence-electron chi connectivity index (χ4n) is 1.08. The highest BCUT2D eigenvalue weighted by Gasteiger charge is 2.11.